The SMILES string of the molecule is OC(c1cncnc1)c1ccc(F)cc1Br. The van der Waals surface area contributed by atoms with Crippen LogP contribution in [0.3, 0.4) is 0 Å². The van der Waals surface area contributed by atoms with E-state index >= 15 is 0 Å². The highest BCUT2D eigenvalue weighted by Gasteiger charge is 2.14. The quantitative estimate of drug-likeness (QED) is 0.920. The van der Waals surface area contributed by atoms with Crippen LogP contribution < -0.4 is 0 Å². The molecule has 1 aromatic carbocycles. The molecule has 0 saturated carbocycles. The third-order valence-corrected chi connectivity index (χ3v) is 2.84. The molecule has 0 aliphatic carbocycles. The summed E-state index contributed by atoms with van der Waals surface area (Å²) >= 11 is 3.20. The van der Waals surface area contributed by atoms with Crippen LogP contribution in [-0.2, 0) is 0 Å². The third kappa shape index (κ3) is 2.25. The monoisotopic (exact) mass is 282 g/mol. The minimum Gasteiger partial charge on any atom is -0.383 e. The highest BCUT2D eigenvalue weighted by molar-refractivity contribution is 9.10. The molecule has 3 nitrogen and oxygen atoms in total. The molecule has 1 heterocycles. The number of hydrogen-bond acceptors (Lipinski definition) is 3. The number of benzene rings is 1. The molecule has 0 aliphatic heterocycles. The van der Waals surface area contributed by atoms with Crippen molar-refractivity contribution in [2.24, 2.45) is 0 Å². The van der Waals surface area contributed by atoms with Gasteiger partial charge in [-0.2, -0.15) is 0 Å². The van der Waals surface area contributed by atoms with Crippen molar-refractivity contribution >= 4 is 15.9 Å². The fourth-order valence-corrected chi connectivity index (χ4v) is 1.92. The van der Waals surface area contributed by atoms with E-state index in [4.69, 9.17) is 0 Å². The topological polar surface area (TPSA) is 46.0 Å². The van der Waals surface area contributed by atoms with Crippen molar-refractivity contribution in [1.29, 1.82) is 0 Å². The molecule has 2 rings (SSSR count). The summed E-state index contributed by atoms with van der Waals surface area (Å²) in [5.74, 6) is -0.355. The first-order valence-corrected chi connectivity index (χ1v) is 5.35. The van der Waals surface area contributed by atoms with Crippen molar-refractivity contribution in [3.05, 3.63) is 58.3 Å². The number of aromatic nitrogens is 2. The Morgan fingerprint density at radius 3 is 2.56 bits per heavy atom. The summed E-state index contributed by atoms with van der Waals surface area (Å²) < 4.78 is 13.4. The minimum atomic E-state index is -0.865. The fourth-order valence-electron chi connectivity index (χ4n) is 1.35. The van der Waals surface area contributed by atoms with Crippen molar-refractivity contribution in [1.82, 2.24) is 9.97 Å². The van der Waals surface area contributed by atoms with Crippen LogP contribution in [0.5, 0.6) is 0 Å². The molecule has 1 N–H and O–H groups in total. The minimum absolute atomic E-state index is 0.355. The molecule has 0 fully saturated rings. The summed E-state index contributed by atoms with van der Waals surface area (Å²) in [6.45, 7) is 0. The third-order valence-electron chi connectivity index (χ3n) is 2.15. The average molecular weight is 283 g/mol. The standard InChI is InChI=1S/C11H8BrFN2O/c12-10-3-8(13)1-2-9(10)11(16)7-4-14-6-15-5-7/h1-6,11,16H. The summed E-state index contributed by atoms with van der Waals surface area (Å²) in [4.78, 5) is 7.64. The second-order valence-corrected chi connectivity index (χ2v) is 4.09. The largest absolute Gasteiger partial charge is 0.383 e. The van der Waals surface area contributed by atoms with Gasteiger partial charge in [-0.1, -0.05) is 22.0 Å². The first-order chi connectivity index (χ1) is 7.68. The van der Waals surface area contributed by atoms with Crippen LogP contribution in [0, 0.1) is 5.82 Å². The normalized spacial score (nSPS) is 12.4. The van der Waals surface area contributed by atoms with Gasteiger partial charge in [0.2, 0.25) is 0 Å². The van der Waals surface area contributed by atoms with Crippen LogP contribution in [0.25, 0.3) is 0 Å². The predicted octanol–water partition coefficient (Wildman–Crippen LogP) is 2.46. The van der Waals surface area contributed by atoms with Gasteiger partial charge in [-0.25, -0.2) is 14.4 Å². The first-order valence-electron chi connectivity index (χ1n) is 4.56. The van der Waals surface area contributed by atoms with Gasteiger partial charge in [0.05, 0.1) is 0 Å². The van der Waals surface area contributed by atoms with Gasteiger partial charge in [-0.15, -0.1) is 0 Å². The van der Waals surface area contributed by atoms with Crippen molar-refractivity contribution in [2.45, 2.75) is 6.10 Å². The van der Waals surface area contributed by atoms with Gasteiger partial charge in [0, 0.05) is 22.4 Å². The summed E-state index contributed by atoms with van der Waals surface area (Å²) in [6, 6.07) is 4.13. The first kappa shape index (κ1) is 11.2. The zero-order chi connectivity index (χ0) is 11.5. The van der Waals surface area contributed by atoms with Gasteiger partial charge in [-0.05, 0) is 17.7 Å². The lowest BCUT2D eigenvalue weighted by Crippen LogP contribution is -2.02. The van der Waals surface area contributed by atoms with Crippen molar-refractivity contribution in [3.63, 3.8) is 0 Å². The van der Waals surface area contributed by atoms with E-state index in [9.17, 15) is 9.50 Å². The van der Waals surface area contributed by atoms with E-state index < -0.39 is 6.10 Å². The highest BCUT2D eigenvalue weighted by atomic mass is 79.9. The van der Waals surface area contributed by atoms with Crippen LogP contribution in [0.1, 0.15) is 17.2 Å². The molecular weight excluding hydrogens is 275 g/mol. The van der Waals surface area contributed by atoms with E-state index in [-0.39, 0.29) is 5.82 Å². The maximum absolute atomic E-state index is 12.9. The average Bonchev–Trinajstić information content (AvgIpc) is 2.29. The van der Waals surface area contributed by atoms with Gasteiger partial charge in [0.25, 0.3) is 0 Å². The lowest BCUT2D eigenvalue weighted by atomic mass is 10.0. The molecule has 0 bridgehead atoms. The number of rotatable bonds is 2. The smallest absolute Gasteiger partial charge is 0.124 e. The second-order valence-electron chi connectivity index (χ2n) is 3.24. The van der Waals surface area contributed by atoms with Crippen molar-refractivity contribution in [2.75, 3.05) is 0 Å². The molecule has 1 atom stereocenters. The Kier molecular flexibility index (Phi) is 3.26. The van der Waals surface area contributed by atoms with Crippen LogP contribution in [-0.4, -0.2) is 15.1 Å². The Bertz CT molecular complexity index is 493. The number of hydrogen-bond donors (Lipinski definition) is 1. The molecule has 0 aliphatic rings. The van der Waals surface area contributed by atoms with Crippen molar-refractivity contribution < 1.29 is 9.50 Å². The van der Waals surface area contributed by atoms with E-state index in [2.05, 4.69) is 25.9 Å². The van der Waals surface area contributed by atoms with Gasteiger partial charge in [0.15, 0.2) is 0 Å². The predicted molar refractivity (Wildman–Crippen MR) is 60.2 cm³/mol. The second kappa shape index (κ2) is 4.67. The van der Waals surface area contributed by atoms with Gasteiger partial charge in [-0.3, -0.25) is 0 Å². The summed E-state index contributed by atoms with van der Waals surface area (Å²) in [5, 5.41) is 10.0. The lowest BCUT2D eigenvalue weighted by Gasteiger charge is -2.12. The molecule has 5 heteroatoms. The molecule has 16 heavy (non-hydrogen) atoms. The summed E-state index contributed by atoms with van der Waals surface area (Å²) in [7, 11) is 0. The Morgan fingerprint density at radius 1 is 1.25 bits per heavy atom. The number of nitrogens with zero attached hydrogens (tertiary/aromatic N) is 2. The van der Waals surface area contributed by atoms with Crippen LogP contribution in [0.2, 0.25) is 0 Å². The molecule has 0 saturated heterocycles. The molecule has 82 valence electrons. The van der Waals surface area contributed by atoms with E-state index in [1.165, 1.54) is 36.9 Å². The van der Waals surface area contributed by atoms with Crippen LogP contribution >= 0.6 is 15.9 Å². The zero-order valence-electron chi connectivity index (χ0n) is 8.14. The van der Waals surface area contributed by atoms with E-state index in [1.807, 2.05) is 0 Å². The maximum Gasteiger partial charge on any atom is 0.124 e. The van der Waals surface area contributed by atoms with Gasteiger partial charge in [0.1, 0.15) is 18.2 Å². The Morgan fingerprint density at radius 2 is 1.94 bits per heavy atom. The summed E-state index contributed by atoms with van der Waals surface area (Å²) in [5.41, 5.74) is 1.14. The maximum atomic E-state index is 12.9. The van der Waals surface area contributed by atoms with Crippen LogP contribution in [0.15, 0.2) is 41.4 Å². The molecule has 0 amide bonds. The molecule has 1 unspecified atom stereocenters. The lowest BCUT2D eigenvalue weighted by molar-refractivity contribution is 0.218. The molecular formula is C11H8BrFN2O. The molecule has 1 aromatic heterocycles. The van der Waals surface area contributed by atoms with Crippen molar-refractivity contribution in [3.8, 4) is 0 Å². The number of aliphatic hydroxyl groups is 1. The fraction of sp³-hybridized carbons (Fsp3) is 0.0909. The highest BCUT2D eigenvalue weighted by Crippen LogP contribution is 2.28. The van der Waals surface area contributed by atoms with E-state index in [0.717, 1.165) is 0 Å². The molecule has 0 radical (unpaired) electrons. The number of aliphatic hydroxyl groups excluding tert-OH is 1. The summed E-state index contributed by atoms with van der Waals surface area (Å²) in [6.07, 6.45) is 3.56. The zero-order valence-corrected chi connectivity index (χ0v) is 9.73. The van der Waals surface area contributed by atoms with Crippen LogP contribution in [0.4, 0.5) is 4.39 Å². The Labute approximate surface area is 100 Å². The number of halogens is 2. The van der Waals surface area contributed by atoms with E-state index in [1.54, 1.807) is 0 Å². The molecule has 0 spiro atoms. The van der Waals surface area contributed by atoms with Gasteiger partial charge < -0.3 is 5.11 Å². The van der Waals surface area contributed by atoms with Gasteiger partial charge >= 0.3 is 0 Å². The van der Waals surface area contributed by atoms with E-state index in [0.29, 0.717) is 15.6 Å². The Balaban J connectivity index is 2.38. The molecule has 2 aromatic rings. The Hall–Kier alpha value is -1.33.